The van der Waals surface area contributed by atoms with Gasteiger partial charge < -0.3 is 9.80 Å². The molecule has 0 bridgehead atoms. The fraction of sp³-hybridized carbons (Fsp3) is 0.750. The summed E-state index contributed by atoms with van der Waals surface area (Å²) >= 11 is 0. The lowest BCUT2D eigenvalue weighted by molar-refractivity contribution is -0.144. The van der Waals surface area contributed by atoms with Crippen molar-refractivity contribution in [3.05, 3.63) is 6.33 Å². The summed E-state index contributed by atoms with van der Waals surface area (Å²) in [4.78, 5) is 27.8. The SMILES string of the molecule is O=C(Cn1cnnn1)N1CCN(C(=O)C2CCC2)CC1. The molecule has 108 valence electrons. The molecule has 2 aliphatic rings. The molecule has 1 aliphatic carbocycles. The molecule has 1 saturated carbocycles. The highest BCUT2D eigenvalue weighted by Crippen LogP contribution is 2.28. The lowest BCUT2D eigenvalue weighted by Crippen LogP contribution is -2.53. The number of aromatic nitrogens is 4. The Kier molecular flexibility index (Phi) is 3.62. The Morgan fingerprint density at radius 3 is 2.35 bits per heavy atom. The summed E-state index contributed by atoms with van der Waals surface area (Å²) in [6, 6.07) is 0. The molecule has 1 aliphatic heterocycles. The minimum absolute atomic E-state index is 0.00644. The van der Waals surface area contributed by atoms with Gasteiger partial charge in [-0.2, -0.15) is 0 Å². The molecule has 1 aromatic heterocycles. The molecular weight excluding hydrogens is 260 g/mol. The first-order chi connectivity index (χ1) is 9.74. The van der Waals surface area contributed by atoms with E-state index < -0.39 is 0 Å². The largest absolute Gasteiger partial charge is 0.339 e. The third-order valence-corrected chi connectivity index (χ3v) is 4.09. The lowest BCUT2D eigenvalue weighted by atomic mass is 9.84. The van der Waals surface area contributed by atoms with Gasteiger partial charge >= 0.3 is 0 Å². The third kappa shape index (κ3) is 2.63. The van der Waals surface area contributed by atoms with Crippen LogP contribution >= 0.6 is 0 Å². The molecule has 8 heteroatoms. The van der Waals surface area contributed by atoms with Gasteiger partial charge in [0.1, 0.15) is 12.9 Å². The van der Waals surface area contributed by atoms with Crippen LogP contribution in [0.4, 0.5) is 0 Å². The van der Waals surface area contributed by atoms with Crippen LogP contribution in [0.3, 0.4) is 0 Å². The van der Waals surface area contributed by atoms with Gasteiger partial charge in [-0.15, -0.1) is 5.10 Å². The third-order valence-electron chi connectivity index (χ3n) is 4.09. The highest BCUT2D eigenvalue weighted by atomic mass is 16.2. The van der Waals surface area contributed by atoms with Crippen molar-refractivity contribution in [1.82, 2.24) is 30.0 Å². The first-order valence-electron chi connectivity index (χ1n) is 7.01. The van der Waals surface area contributed by atoms with Crippen LogP contribution in [0.1, 0.15) is 19.3 Å². The van der Waals surface area contributed by atoms with Crippen molar-refractivity contribution < 1.29 is 9.59 Å². The van der Waals surface area contributed by atoms with Crippen LogP contribution in [-0.4, -0.2) is 68.0 Å². The quantitative estimate of drug-likeness (QED) is 0.718. The van der Waals surface area contributed by atoms with E-state index in [1.165, 1.54) is 17.4 Å². The molecule has 0 N–H and O–H groups in total. The van der Waals surface area contributed by atoms with E-state index in [9.17, 15) is 9.59 Å². The lowest BCUT2D eigenvalue weighted by Gasteiger charge is -2.38. The number of tetrazole rings is 1. The van der Waals surface area contributed by atoms with Crippen molar-refractivity contribution in [2.75, 3.05) is 26.2 Å². The Morgan fingerprint density at radius 1 is 1.10 bits per heavy atom. The first-order valence-corrected chi connectivity index (χ1v) is 7.01. The zero-order valence-corrected chi connectivity index (χ0v) is 11.3. The number of carbonyl (C=O) groups is 2. The Morgan fingerprint density at radius 2 is 1.80 bits per heavy atom. The van der Waals surface area contributed by atoms with Gasteiger partial charge in [0.2, 0.25) is 11.8 Å². The summed E-state index contributed by atoms with van der Waals surface area (Å²) in [7, 11) is 0. The smallest absolute Gasteiger partial charge is 0.244 e. The predicted octanol–water partition coefficient (Wildman–Crippen LogP) is -0.856. The fourth-order valence-electron chi connectivity index (χ4n) is 2.58. The maximum atomic E-state index is 12.1. The molecule has 0 radical (unpaired) electrons. The number of hydrogen-bond donors (Lipinski definition) is 0. The predicted molar refractivity (Wildman–Crippen MR) is 68.3 cm³/mol. The summed E-state index contributed by atoms with van der Waals surface area (Å²) < 4.78 is 1.41. The van der Waals surface area contributed by atoms with Crippen molar-refractivity contribution in [2.45, 2.75) is 25.8 Å². The van der Waals surface area contributed by atoms with Crippen LogP contribution in [0, 0.1) is 5.92 Å². The maximum Gasteiger partial charge on any atom is 0.244 e. The number of piperazine rings is 1. The molecule has 1 aromatic rings. The van der Waals surface area contributed by atoms with E-state index in [-0.39, 0.29) is 24.3 Å². The van der Waals surface area contributed by atoms with Crippen LogP contribution in [0.2, 0.25) is 0 Å². The number of hydrogen-bond acceptors (Lipinski definition) is 5. The van der Waals surface area contributed by atoms with Crippen molar-refractivity contribution in [3.8, 4) is 0 Å². The molecule has 0 aromatic carbocycles. The van der Waals surface area contributed by atoms with Crippen molar-refractivity contribution in [1.29, 1.82) is 0 Å². The second kappa shape index (κ2) is 5.56. The van der Waals surface area contributed by atoms with Crippen LogP contribution in [0.5, 0.6) is 0 Å². The number of nitrogens with zero attached hydrogens (tertiary/aromatic N) is 6. The van der Waals surface area contributed by atoms with Gasteiger partial charge in [-0.3, -0.25) is 9.59 Å². The Hall–Kier alpha value is -1.99. The van der Waals surface area contributed by atoms with E-state index in [1.807, 2.05) is 4.90 Å². The highest BCUT2D eigenvalue weighted by molar-refractivity contribution is 5.80. The van der Waals surface area contributed by atoms with Gasteiger partial charge in [-0.05, 0) is 23.3 Å². The average molecular weight is 278 g/mol. The van der Waals surface area contributed by atoms with Gasteiger partial charge in [0.25, 0.3) is 0 Å². The molecule has 0 atom stereocenters. The Balaban J connectivity index is 1.48. The summed E-state index contributed by atoms with van der Waals surface area (Å²) in [5, 5.41) is 10.7. The maximum absolute atomic E-state index is 12.1. The second-order valence-electron chi connectivity index (χ2n) is 5.34. The molecule has 3 rings (SSSR count). The van der Waals surface area contributed by atoms with Crippen LogP contribution in [0.15, 0.2) is 6.33 Å². The van der Waals surface area contributed by atoms with Gasteiger partial charge in [-0.1, -0.05) is 6.42 Å². The first kappa shape index (κ1) is 13.0. The average Bonchev–Trinajstić information content (AvgIpc) is 2.89. The molecule has 0 spiro atoms. The van der Waals surface area contributed by atoms with E-state index in [4.69, 9.17) is 0 Å². The number of carbonyl (C=O) groups excluding carboxylic acids is 2. The topological polar surface area (TPSA) is 84.2 Å². The van der Waals surface area contributed by atoms with Crippen molar-refractivity contribution >= 4 is 11.8 Å². The molecule has 2 amide bonds. The van der Waals surface area contributed by atoms with Crippen molar-refractivity contribution in [3.63, 3.8) is 0 Å². The van der Waals surface area contributed by atoms with E-state index >= 15 is 0 Å². The van der Waals surface area contributed by atoms with E-state index in [2.05, 4.69) is 15.5 Å². The molecule has 2 heterocycles. The van der Waals surface area contributed by atoms with Gasteiger partial charge in [0.15, 0.2) is 0 Å². The molecule has 0 unspecified atom stereocenters. The minimum atomic E-state index is -0.00644. The molecule has 8 nitrogen and oxygen atoms in total. The van der Waals surface area contributed by atoms with Gasteiger partial charge in [-0.25, -0.2) is 4.68 Å². The van der Waals surface area contributed by atoms with Crippen molar-refractivity contribution in [2.24, 2.45) is 5.92 Å². The van der Waals surface area contributed by atoms with Gasteiger partial charge in [0.05, 0.1) is 0 Å². The van der Waals surface area contributed by atoms with Crippen LogP contribution in [-0.2, 0) is 16.1 Å². The normalized spacial score (nSPS) is 19.8. The highest BCUT2D eigenvalue weighted by Gasteiger charge is 2.31. The summed E-state index contributed by atoms with van der Waals surface area (Å²) in [5.41, 5.74) is 0. The zero-order chi connectivity index (χ0) is 13.9. The molecular formula is C12H18N6O2. The summed E-state index contributed by atoms with van der Waals surface area (Å²) in [5.74, 6) is 0.496. The molecule has 20 heavy (non-hydrogen) atoms. The molecule has 1 saturated heterocycles. The minimum Gasteiger partial charge on any atom is -0.339 e. The monoisotopic (exact) mass is 278 g/mol. The van der Waals surface area contributed by atoms with Crippen LogP contribution < -0.4 is 0 Å². The number of amides is 2. The van der Waals surface area contributed by atoms with E-state index in [0.29, 0.717) is 26.2 Å². The summed E-state index contributed by atoms with van der Waals surface area (Å²) in [6.45, 7) is 2.62. The summed E-state index contributed by atoms with van der Waals surface area (Å²) in [6.07, 6.45) is 4.64. The Labute approximate surface area is 116 Å². The van der Waals surface area contributed by atoms with Crippen LogP contribution in [0.25, 0.3) is 0 Å². The number of rotatable bonds is 3. The van der Waals surface area contributed by atoms with E-state index in [1.54, 1.807) is 4.90 Å². The Bertz CT molecular complexity index is 476. The van der Waals surface area contributed by atoms with E-state index in [0.717, 1.165) is 12.8 Å². The van der Waals surface area contributed by atoms with Gasteiger partial charge in [0, 0.05) is 32.1 Å². The second-order valence-corrected chi connectivity index (χ2v) is 5.34. The fourth-order valence-corrected chi connectivity index (χ4v) is 2.58. The standard InChI is InChI=1S/C12H18N6O2/c19-11(8-18-9-13-14-15-18)16-4-6-17(7-5-16)12(20)10-2-1-3-10/h9-10H,1-8H2. The zero-order valence-electron chi connectivity index (χ0n) is 11.3. The molecule has 2 fully saturated rings.